The molecule has 0 atom stereocenters. The molecule has 11 heteroatoms. The smallest absolute Gasteiger partial charge is 0.293 e. The zero-order chi connectivity index (χ0) is 20.6. The van der Waals surface area contributed by atoms with Gasteiger partial charge in [0.1, 0.15) is 18.3 Å². The number of carbonyl (C=O) groups excluding carboxylic acids is 1. The Morgan fingerprint density at radius 2 is 2.21 bits per heavy atom. The van der Waals surface area contributed by atoms with Crippen LogP contribution in [0.25, 0.3) is 5.82 Å². The SMILES string of the molecule is COCCNc1ccc(C(=O)NCc2cccnc2-n2cncn2)cc1[N+](=O)[O-]. The lowest BCUT2D eigenvalue weighted by atomic mass is 10.1. The first-order valence-electron chi connectivity index (χ1n) is 8.68. The minimum Gasteiger partial charge on any atom is -0.383 e. The lowest BCUT2D eigenvalue weighted by Crippen LogP contribution is -2.24. The molecule has 0 spiro atoms. The van der Waals surface area contributed by atoms with E-state index in [1.807, 2.05) is 0 Å². The third-order valence-corrected chi connectivity index (χ3v) is 4.02. The molecule has 0 bridgehead atoms. The lowest BCUT2D eigenvalue weighted by Gasteiger charge is -2.11. The fraction of sp³-hybridized carbons (Fsp3) is 0.222. The van der Waals surface area contributed by atoms with E-state index < -0.39 is 10.8 Å². The number of nitrogens with zero attached hydrogens (tertiary/aromatic N) is 5. The van der Waals surface area contributed by atoms with Gasteiger partial charge in [0.25, 0.3) is 11.6 Å². The highest BCUT2D eigenvalue weighted by atomic mass is 16.6. The van der Waals surface area contributed by atoms with E-state index in [4.69, 9.17) is 4.74 Å². The number of pyridine rings is 1. The first kappa shape index (κ1) is 19.9. The summed E-state index contributed by atoms with van der Waals surface area (Å²) >= 11 is 0. The summed E-state index contributed by atoms with van der Waals surface area (Å²) in [5.41, 5.74) is 1.04. The molecule has 0 saturated carbocycles. The van der Waals surface area contributed by atoms with E-state index in [-0.39, 0.29) is 17.8 Å². The van der Waals surface area contributed by atoms with Crippen molar-refractivity contribution >= 4 is 17.3 Å². The third-order valence-electron chi connectivity index (χ3n) is 4.02. The van der Waals surface area contributed by atoms with Gasteiger partial charge in [-0.25, -0.2) is 14.6 Å². The Balaban J connectivity index is 1.73. The van der Waals surface area contributed by atoms with Crippen molar-refractivity contribution in [2.24, 2.45) is 0 Å². The van der Waals surface area contributed by atoms with Gasteiger partial charge < -0.3 is 15.4 Å². The second-order valence-corrected chi connectivity index (χ2v) is 5.92. The Labute approximate surface area is 165 Å². The highest BCUT2D eigenvalue weighted by molar-refractivity contribution is 5.95. The van der Waals surface area contributed by atoms with E-state index in [1.165, 1.54) is 35.5 Å². The van der Waals surface area contributed by atoms with Crippen LogP contribution in [0.5, 0.6) is 0 Å². The van der Waals surface area contributed by atoms with Crippen molar-refractivity contribution in [3.05, 3.63) is 70.4 Å². The maximum atomic E-state index is 12.5. The molecule has 0 unspecified atom stereocenters. The molecule has 2 N–H and O–H groups in total. The van der Waals surface area contributed by atoms with Gasteiger partial charge in [-0.3, -0.25) is 14.9 Å². The van der Waals surface area contributed by atoms with Gasteiger partial charge in [-0.2, -0.15) is 5.10 Å². The fourth-order valence-electron chi connectivity index (χ4n) is 2.63. The predicted octanol–water partition coefficient (Wildman–Crippen LogP) is 1.56. The largest absolute Gasteiger partial charge is 0.383 e. The van der Waals surface area contributed by atoms with Gasteiger partial charge >= 0.3 is 0 Å². The van der Waals surface area contributed by atoms with E-state index in [1.54, 1.807) is 25.4 Å². The molecule has 1 aromatic carbocycles. The summed E-state index contributed by atoms with van der Waals surface area (Å²) in [6.07, 6.45) is 4.51. The second-order valence-electron chi connectivity index (χ2n) is 5.92. The van der Waals surface area contributed by atoms with Crippen molar-refractivity contribution in [2.45, 2.75) is 6.54 Å². The number of nitro benzene ring substituents is 1. The van der Waals surface area contributed by atoms with Crippen molar-refractivity contribution < 1.29 is 14.5 Å². The molecule has 0 aliphatic carbocycles. The third kappa shape index (κ3) is 4.90. The molecule has 0 radical (unpaired) electrons. The number of aromatic nitrogens is 4. The van der Waals surface area contributed by atoms with Gasteiger partial charge in [0, 0.05) is 43.6 Å². The maximum Gasteiger partial charge on any atom is 0.293 e. The summed E-state index contributed by atoms with van der Waals surface area (Å²) in [5.74, 6) is 0.0962. The number of rotatable bonds is 9. The first-order valence-corrected chi connectivity index (χ1v) is 8.68. The predicted molar refractivity (Wildman–Crippen MR) is 104 cm³/mol. The number of ether oxygens (including phenoxy) is 1. The van der Waals surface area contributed by atoms with E-state index in [9.17, 15) is 14.9 Å². The van der Waals surface area contributed by atoms with E-state index in [0.29, 0.717) is 24.7 Å². The Hall–Kier alpha value is -3.86. The number of methoxy groups -OCH3 is 1. The van der Waals surface area contributed by atoms with Crippen LogP contribution >= 0.6 is 0 Å². The van der Waals surface area contributed by atoms with Gasteiger partial charge in [-0.15, -0.1) is 0 Å². The molecule has 11 nitrogen and oxygen atoms in total. The van der Waals surface area contributed by atoms with E-state index in [0.717, 1.165) is 5.56 Å². The van der Waals surface area contributed by atoms with E-state index >= 15 is 0 Å². The summed E-state index contributed by atoms with van der Waals surface area (Å²) in [6, 6.07) is 7.82. The van der Waals surface area contributed by atoms with Crippen LogP contribution in [-0.2, 0) is 11.3 Å². The van der Waals surface area contributed by atoms with Crippen LogP contribution in [0.15, 0.2) is 49.2 Å². The molecule has 0 saturated heterocycles. The summed E-state index contributed by atoms with van der Waals surface area (Å²) in [4.78, 5) is 31.5. The zero-order valence-corrected chi connectivity index (χ0v) is 15.6. The molecule has 150 valence electrons. The molecule has 1 amide bonds. The summed E-state index contributed by atoms with van der Waals surface area (Å²) < 4.78 is 6.42. The highest BCUT2D eigenvalue weighted by Gasteiger charge is 2.18. The van der Waals surface area contributed by atoms with Crippen LogP contribution in [-0.4, -0.2) is 50.8 Å². The highest BCUT2D eigenvalue weighted by Crippen LogP contribution is 2.25. The molecule has 0 aliphatic rings. The van der Waals surface area contributed by atoms with Gasteiger partial charge in [0.15, 0.2) is 5.82 Å². The molecule has 0 aliphatic heterocycles. The number of anilines is 1. The van der Waals surface area contributed by atoms with Gasteiger partial charge in [-0.05, 0) is 18.2 Å². The Morgan fingerprint density at radius 1 is 1.34 bits per heavy atom. The van der Waals surface area contributed by atoms with Crippen LogP contribution in [0.4, 0.5) is 11.4 Å². The molecule has 3 aromatic rings. The normalized spacial score (nSPS) is 10.5. The van der Waals surface area contributed by atoms with Crippen molar-refractivity contribution in [1.82, 2.24) is 25.1 Å². The number of carbonyl (C=O) groups is 1. The van der Waals surface area contributed by atoms with E-state index in [2.05, 4.69) is 25.7 Å². The van der Waals surface area contributed by atoms with Gasteiger partial charge in [-0.1, -0.05) is 6.07 Å². The molecular formula is C18H19N7O4. The number of hydrogen-bond donors (Lipinski definition) is 2. The van der Waals surface area contributed by atoms with Crippen LogP contribution in [0.2, 0.25) is 0 Å². The average Bonchev–Trinajstić information content (AvgIpc) is 3.27. The zero-order valence-electron chi connectivity index (χ0n) is 15.6. The second kappa shape index (κ2) is 9.37. The Kier molecular flexibility index (Phi) is 6.43. The quantitative estimate of drug-likeness (QED) is 0.315. The number of benzene rings is 1. The molecule has 0 fully saturated rings. The number of nitro groups is 1. The van der Waals surface area contributed by atoms with Crippen LogP contribution < -0.4 is 10.6 Å². The van der Waals surface area contributed by atoms with Crippen molar-refractivity contribution in [3.8, 4) is 5.82 Å². The molecular weight excluding hydrogens is 378 g/mol. The summed E-state index contributed by atoms with van der Waals surface area (Å²) in [6.45, 7) is 0.983. The monoisotopic (exact) mass is 397 g/mol. The fourth-order valence-corrected chi connectivity index (χ4v) is 2.63. The van der Waals surface area contributed by atoms with Crippen LogP contribution in [0.1, 0.15) is 15.9 Å². The standard InChI is InChI=1S/C18H19N7O4/c1-29-8-7-20-15-5-4-13(9-16(15)25(27)28)18(26)22-10-14-3-2-6-21-17(14)24-12-19-11-23-24/h2-6,9,11-12,20H,7-8,10H2,1H3,(H,22,26). The van der Waals surface area contributed by atoms with Crippen molar-refractivity contribution in [3.63, 3.8) is 0 Å². The Morgan fingerprint density at radius 3 is 2.93 bits per heavy atom. The molecule has 3 rings (SSSR count). The number of nitrogens with one attached hydrogen (secondary N) is 2. The van der Waals surface area contributed by atoms with Gasteiger partial charge in [0.2, 0.25) is 0 Å². The van der Waals surface area contributed by atoms with Gasteiger partial charge in [0.05, 0.1) is 11.5 Å². The molecule has 2 aromatic heterocycles. The maximum absolute atomic E-state index is 12.5. The summed E-state index contributed by atoms with van der Waals surface area (Å²) in [5, 5.41) is 21.1. The summed E-state index contributed by atoms with van der Waals surface area (Å²) in [7, 11) is 1.54. The van der Waals surface area contributed by atoms with Crippen molar-refractivity contribution in [1.29, 1.82) is 0 Å². The number of amides is 1. The topological polar surface area (TPSA) is 137 Å². The average molecular weight is 397 g/mol. The first-order chi connectivity index (χ1) is 14.1. The molecule has 29 heavy (non-hydrogen) atoms. The van der Waals surface area contributed by atoms with Crippen LogP contribution in [0, 0.1) is 10.1 Å². The minimum atomic E-state index is -0.532. The molecule has 2 heterocycles. The lowest BCUT2D eigenvalue weighted by molar-refractivity contribution is -0.384. The van der Waals surface area contributed by atoms with Crippen molar-refractivity contribution in [2.75, 3.05) is 25.6 Å². The van der Waals surface area contributed by atoms with Crippen LogP contribution in [0.3, 0.4) is 0 Å². The Bertz CT molecular complexity index is 992. The number of hydrogen-bond acceptors (Lipinski definition) is 8. The minimum absolute atomic E-state index is 0.170.